The van der Waals surface area contributed by atoms with Gasteiger partial charge >= 0.3 is 0 Å². The van der Waals surface area contributed by atoms with Gasteiger partial charge in [0.2, 0.25) is 0 Å². The molecule has 2 aliphatic rings. The highest BCUT2D eigenvalue weighted by atomic mass is 16.5. The van der Waals surface area contributed by atoms with Gasteiger partial charge in [0, 0.05) is 31.2 Å². The second-order valence-electron chi connectivity index (χ2n) is 7.19. The van der Waals surface area contributed by atoms with Crippen molar-refractivity contribution in [2.24, 2.45) is 5.92 Å². The lowest BCUT2D eigenvalue weighted by molar-refractivity contribution is -0.123. The summed E-state index contributed by atoms with van der Waals surface area (Å²) in [5, 5.41) is 3.09. The predicted octanol–water partition coefficient (Wildman–Crippen LogP) is 1.69. The maximum absolute atomic E-state index is 12.2. The molecule has 138 valence electrons. The number of benzene rings is 1. The van der Waals surface area contributed by atoms with E-state index >= 15 is 0 Å². The van der Waals surface area contributed by atoms with Crippen molar-refractivity contribution in [2.75, 3.05) is 33.4 Å². The molecule has 1 amide bonds. The molecule has 2 aliphatic heterocycles. The second-order valence-corrected chi connectivity index (χ2v) is 7.19. The van der Waals surface area contributed by atoms with E-state index in [1.807, 2.05) is 18.2 Å². The largest absolute Gasteiger partial charge is 0.497 e. The average molecular weight is 348 g/mol. The van der Waals surface area contributed by atoms with Gasteiger partial charge in [-0.3, -0.25) is 9.69 Å². The summed E-state index contributed by atoms with van der Waals surface area (Å²) in [6.07, 6.45) is 1.23. The van der Waals surface area contributed by atoms with Crippen molar-refractivity contribution in [2.45, 2.75) is 38.5 Å². The minimum absolute atomic E-state index is 0.0133. The van der Waals surface area contributed by atoms with Crippen LogP contribution in [0.5, 0.6) is 11.5 Å². The lowest BCUT2D eigenvalue weighted by Crippen LogP contribution is -2.48. The van der Waals surface area contributed by atoms with Crippen LogP contribution in [0.3, 0.4) is 0 Å². The first-order valence-electron chi connectivity index (χ1n) is 8.97. The molecule has 0 bridgehead atoms. The third-order valence-corrected chi connectivity index (χ3v) is 4.96. The summed E-state index contributed by atoms with van der Waals surface area (Å²) < 4.78 is 16.7. The van der Waals surface area contributed by atoms with Crippen molar-refractivity contribution >= 4 is 5.91 Å². The molecule has 0 aliphatic carbocycles. The molecule has 2 fully saturated rings. The van der Waals surface area contributed by atoms with Gasteiger partial charge in [0.25, 0.3) is 5.91 Å². The Morgan fingerprint density at radius 3 is 2.92 bits per heavy atom. The van der Waals surface area contributed by atoms with Crippen LogP contribution in [0.4, 0.5) is 0 Å². The van der Waals surface area contributed by atoms with Crippen LogP contribution in [0, 0.1) is 5.92 Å². The van der Waals surface area contributed by atoms with Gasteiger partial charge in [-0.1, -0.05) is 19.9 Å². The highest BCUT2D eigenvalue weighted by molar-refractivity contribution is 5.77. The van der Waals surface area contributed by atoms with E-state index in [4.69, 9.17) is 14.2 Å². The molecule has 6 heteroatoms. The van der Waals surface area contributed by atoms with E-state index in [2.05, 4.69) is 24.1 Å². The second kappa shape index (κ2) is 8.06. The topological polar surface area (TPSA) is 60.0 Å². The number of carbonyl (C=O) groups is 1. The fraction of sp³-hybridized carbons (Fsp3) is 0.632. The molecule has 2 heterocycles. The van der Waals surface area contributed by atoms with Crippen molar-refractivity contribution < 1.29 is 19.0 Å². The van der Waals surface area contributed by atoms with Gasteiger partial charge in [0.15, 0.2) is 6.61 Å². The van der Waals surface area contributed by atoms with Crippen LogP contribution in [-0.2, 0) is 9.53 Å². The van der Waals surface area contributed by atoms with Gasteiger partial charge in [-0.25, -0.2) is 0 Å². The number of nitrogens with zero attached hydrogens (tertiary/aromatic N) is 1. The fourth-order valence-electron chi connectivity index (χ4n) is 3.52. The van der Waals surface area contributed by atoms with Crippen molar-refractivity contribution in [1.29, 1.82) is 0 Å². The van der Waals surface area contributed by atoms with Crippen molar-refractivity contribution in [1.82, 2.24) is 10.2 Å². The van der Waals surface area contributed by atoms with Crippen molar-refractivity contribution in [3.05, 3.63) is 24.3 Å². The Balaban J connectivity index is 1.44. The Labute approximate surface area is 149 Å². The molecule has 3 rings (SSSR count). The molecule has 0 saturated carbocycles. The molecule has 2 saturated heterocycles. The zero-order valence-electron chi connectivity index (χ0n) is 15.2. The number of carbonyl (C=O) groups excluding carboxylic acids is 1. The highest BCUT2D eigenvalue weighted by Gasteiger charge is 2.38. The van der Waals surface area contributed by atoms with Crippen molar-refractivity contribution in [3.8, 4) is 11.5 Å². The maximum Gasteiger partial charge on any atom is 0.258 e. The summed E-state index contributed by atoms with van der Waals surface area (Å²) in [6.45, 7) is 7.00. The summed E-state index contributed by atoms with van der Waals surface area (Å²) in [5.41, 5.74) is 0. The number of methoxy groups -OCH3 is 1. The van der Waals surface area contributed by atoms with Crippen LogP contribution in [0.25, 0.3) is 0 Å². The van der Waals surface area contributed by atoms with Crippen molar-refractivity contribution in [3.63, 3.8) is 0 Å². The van der Waals surface area contributed by atoms with E-state index in [9.17, 15) is 4.79 Å². The first-order valence-corrected chi connectivity index (χ1v) is 8.97. The number of amides is 1. The van der Waals surface area contributed by atoms with E-state index in [-0.39, 0.29) is 18.6 Å². The number of ether oxygens (including phenoxy) is 3. The predicted molar refractivity (Wildman–Crippen MR) is 95.0 cm³/mol. The van der Waals surface area contributed by atoms with Gasteiger partial charge in [0.05, 0.1) is 19.8 Å². The van der Waals surface area contributed by atoms with E-state index in [0.29, 0.717) is 29.6 Å². The van der Waals surface area contributed by atoms with Gasteiger partial charge < -0.3 is 19.5 Å². The Morgan fingerprint density at radius 2 is 2.16 bits per heavy atom. The van der Waals surface area contributed by atoms with E-state index < -0.39 is 0 Å². The lowest BCUT2D eigenvalue weighted by atomic mass is 10.0. The molecule has 0 spiro atoms. The zero-order chi connectivity index (χ0) is 17.8. The molecule has 3 atom stereocenters. The molecule has 1 aromatic rings. The van der Waals surface area contributed by atoms with E-state index in [0.717, 1.165) is 26.1 Å². The van der Waals surface area contributed by atoms with Gasteiger partial charge in [0.1, 0.15) is 11.5 Å². The summed E-state index contributed by atoms with van der Waals surface area (Å²) in [7, 11) is 1.61. The number of hydrogen-bond donors (Lipinski definition) is 1. The molecule has 0 unspecified atom stereocenters. The number of rotatable bonds is 6. The van der Waals surface area contributed by atoms with Crippen LogP contribution in [0.15, 0.2) is 24.3 Å². The minimum Gasteiger partial charge on any atom is -0.497 e. The molecular formula is C19H28N2O4. The summed E-state index contributed by atoms with van der Waals surface area (Å²) in [6, 6.07) is 7.85. The normalized spacial score (nSPS) is 26.3. The first kappa shape index (κ1) is 18.0. The van der Waals surface area contributed by atoms with Crippen LogP contribution < -0.4 is 14.8 Å². The zero-order valence-corrected chi connectivity index (χ0v) is 15.2. The molecule has 0 radical (unpaired) electrons. The molecular weight excluding hydrogens is 320 g/mol. The van der Waals surface area contributed by atoms with Crippen LogP contribution >= 0.6 is 0 Å². The third kappa shape index (κ3) is 4.64. The van der Waals surface area contributed by atoms with E-state index in [1.165, 1.54) is 0 Å². The standard InChI is InChI=1S/C19H28N2O4/c1-13(2)18-10-21-9-14(7-15(21)11-25-18)20-19(22)12-24-17-6-4-5-16(8-17)23-3/h4-6,8,13-15,18H,7,9-12H2,1-3H3,(H,20,22)/t14-,15-,18-/m0/s1. The van der Waals surface area contributed by atoms with Crippen LogP contribution in [0.2, 0.25) is 0 Å². The summed E-state index contributed by atoms with van der Waals surface area (Å²) in [5.74, 6) is 1.77. The Morgan fingerprint density at radius 1 is 1.36 bits per heavy atom. The quantitative estimate of drug-likeness (QED) is 0.848. The third-order valence-electron chi connectivity index (χ3n) is 4.96. The summed E-state index contributed by atoms with van der Waals surface area (Å²) >= 11 is 0. The van der Waals surface area contributed by atoms with E-state index in [1.54, 1.807) is 13.2 Å². The SMILES string of the molecule is COc1cccc(OCC(=O)N[C@H]2C[C@H]3CO[C@H](C(C)C)CN3C2)c1. The number of hydrogen-bond acceptors (Lipinski definition) is 5. The Hall–Kier alpha value is -1.79. The summed E-state index contributed by atoms with van der Waals surface area (Å²) in [4.78, 5) is 14.6. The van der Waals surface area contributed by atoms with Gasteiger partial charge in [-0.2, -0.15) is 0 Å². The molecule has 1 aromatic carbocycles. The Kier molecular flexibility index (Phi) is 5.81. The number of morpholine rings is 1. The smallest absolute Gasteiger partial charge is 0.258 e. The van der Waals surface area contributed by atoms with Crippen LogP contribution in [0.1, 0.15) is 20.3 Å². The fourth-order valence-corrected chi connectivity index (χ4v) is 3.52. The molecule has 1 N–H and O–H groups in total. The number of fused-ring (bicyclic) bond motifs is 1. The minimum atomic E-state index is -0.0889. The Bertz CT molecular complexity index is 593. The van der Waals surface area contributed by atoms with Gasteiger partial charge in [-0.05, 0) is 24.5 Å². The monoisotopic (exact) mass is 348 g/mol. The molecule has 6 nitrogen and oxygen atoms in total. The van der Waals surface area contributed by atoms with Gasteiger partial charge in [-0.15, -0.1) is 0 Å². The average Bonchev–Trinajstić information content (AvgIpc) is 3.01. The maximum atomic E-state index is 12.2. The lowest BCUT2D eigenvalue weighted by Gasteiger charge is -2.36. The highest BCUT2D eigenvalue weighted by Crippen LogP contribution is 2.26. The molecule has 25 heavy (non-hydrogen) atoms. The number of nitrogens with one attached hydrogen (secondary N) is 1. The molecule has 0 aromatic heterocycles. The van der Waals surface area contributed by atoms with Crippen LogP contribution in [-0.4, -0.2) is 62.4 Å². The first-order chi connectivity index (χ1) is 12.0.